The summed E-state index contributed by atoms with van der Waals surface area (Å²) in [6.45, 7) is 3.46. The standard InChI is InChI=1S/C15H15N3O3S/c1-7-5-10(21-3)8(2)11(13(7)19)12-9(6-16)14(20)18-15(17-12)22-4/h5,19H,1-4H3,(H,17,18,20). The van der Waals surface area contributed by atoms with Crippen molar-refractivity contribution < 1.29 is 9.84 Å². The third kappa shape index (κ3) is 2.53. The zero-order valence-corrected chi connectivity index (χ0v) is 13.5. The molecule has 0 bridgehead atoms. The maximum atomic E-state index is 12.0. The number of benzene rings is 1. The minimum Gasteiger partial charge on any atom is -0.507 e. The first kappa shape index (κ1) is 15.9. The van der Waals surface area contributed by atoms with Gasteiger partial charge in [-0.1, -0.05) is 11.8 Å². The number of aryl methyl sites for hydroxylation is 1. The second-order valence-electron chi connectivity index (χ2n) is 4.65. The number of aromatic hydroxyl groups is 1. The van der Waals surface area contributed by atoms with Crippen LogP contribution in [0.4, 0.5) is 0 Å². The Morgan fingerprint density at radius 2 is 2.14 bits per heavy atom. The first-order valence-corrected chi connectivity index (χ1v) is 7.63. The van der Waals surface area contributed by atoms with Gasteiger partial charge < -0.3 is 14.8 Å². The second-order valence-corrected chi connectivity index (χ2v) is 5.45. The molecule has 6 nitrogen and oxygen atoms in total. The van der Waals surface area contributed by atoms with Crippen molar-refractivity contribution in [1.29, 1.82) is 5.26 Å². The number of hydrogen-bond acceptors (Lipinski definition) is 6. The number of phenols is 1. The first-order valence-electron chi connectivity index (χ1n) is 6.40. The van der Waals surface area contributed by atoms with Gasteiger partial charge in [-0.15, -0.1) is 0 Å². The fourth-order valence-corrected chi connectivity index (χ4v) is 2.58. The molecule has 0 unspecified atom stereocenters. The number of phenolic OH excluding ortho intramolecular Hbond substituents is 1. The van der Waals surface area contributed by atoms with Gasteiger partial charge >= 0.3 is 0 Å². The Kier molecular flexibility index (Phi) is 4.43. The molecule has 22 heavy (non-hydrogen) atoms. The van der Waals surface area contributed by atoms with Crippen LogP contribution in [0.3, 0.4) is 0 Å². The number of aromatic amines is 1. The molecular formula is C15H15N3O3S. The highest BCUT2D eigenvalue weighted by atomic mass is 32.2. The van der Waals surface area contributed by atoms with Crippen LogP contribution in [-0.2, 0) is 0 Å². The Bertz CT molecular complexity index is 837. The van der Waals surface area contributed by atoms with E-state index in [4.69, 9.17) is 4.74 Å². The molecule has 7 heteroatoms. The Hall–Kier alpha value is -2.46. The number of nitrogens with one attached hydrogen (secondary N) is 1. The van der Waals surface area contributed by atoms with Crippen molar-refractivity contribution in [2.24, 2.45) is 0 Å². The number of thioether (sulfide) groups is 1. The van der Waals surface area contributed by atoms with Gasteiger partial charge in [0.25, 0.3) is 5.56 Å². The number of H-pyrrole nitrogens is 1. The summed E-state index contributed by atoms with van der Waals surface area (Å²) in [7, 11) is 1.52. The number of nitrogens with zero attached hydrogens (tertiary/aromatic N) is 2. The molecule has 0 aliphatic rings. The molecule has 1 heterocycles. The van der Waals surface area contributed by atoms with Crippen LogP contribution in [0, 0.1) is 25.2 Å². The molecule has 0 aliphatic carbocycles. The van der Waals surface area contributed by atoms with E-state index in [2.05, 4.69) is 9.97 Å². The van der Waals surface area contributed by atoms with Crippen LogP contribution >= 0.6 is 11.8 Å². The molecule has 0 radical (unpaired) electrons. The second kappa shape index (κ2) is 6.12. The van der Waals surface area contributed by atoms with Gasteiger partial charge in [0.2, 0.25) is 0 Å². The molecule has 0 amide bonds. The SMILES string of the molecule is COc1cc(C)c(O)c(-c2nc(SC)[nH]c(=O)c2C#N)c1C. The minimum absolute atomic E-state index is 0.0139. The number of aromatic nitrogens is 2. The zero-order valence-electron chi connectivity index (χ0n) is 12.6. The average Bonchev–Trinajstić information content (AvgIpc) is 2.50. The maximum absolute atomic E-state index is 12.0. The van der Waals surface area contributed by atoms with E-state index < -0.39 is 5.56 Å². The summed E-state index contributed by atoms with van der Waals surface area (Å²) in [6.07, 6.45) is 1.76. The van der Waals surface area contributed by atoms with Crippen LogP contribution in [0.15, 0.2) is 16.0 Å². The summed E-state index contributed by atoms with van der Waals surface area (Å²) >= 11 is 1.25. The number of methoxy groups -OCH3 is 1. The van der Waals surface area contributed by atoms with Crippen LogP contribution in [-0.4, -0.2) is 28.4 Å². The van der Waals surface area contributed by atoms with Gasteiger partial charge in [0.1, 0.15) is 28.8 Å². The number of ether oxygens (including phenoxy) is 1. The van der Waals surface area contributed by atoms with Crippen LogP contribution in [0.1, 0.15) is 16.7 Å². The van der Waals surface area contributed by atoms with E-state index in [1.54, 1.807) is 26.2 Å². The van der Waals surface area contributed by atoms with Gasteiger partial charge in [-0.25, -0.2) is 4.98 Å². The summed E-state index contributed by atoms with van der Waals surface area (Å²) in [5, 5.41) is 20.0. The van der Waals surface area contributed by atoms with Crippen molar-refractivity contribution in [3.05, 3.63) is 33.1 Å². The fourth-order valence-electron chi connectivity index (χ4n) is 2.21. The van der Waals surface area contributed by atoms with Gasteiger partial charge in [-0.2, -0.15) is 5.26 Å². The van der Waals surface area contributed by atoms with Gasteiger partial charge in [0.05, 0.1) is 12.7 Å². The van der Waals surface area contributed by atoms with Crippen molar-refractivity contribution in [3.8, 4) is 28.8 Å². The Labute approximate surface area is 131 Å². The molecule has 2 N–H and O–H groups in total. The van der Waals surface area contributed by atoms with E-state index in [1.807, 2.05) is 6.07 Å². The molecule has 114 valence electrons. The predicted molar refractivity (Wildman–Crippen MR) is 84.5 cm³/mol. The lowest BCUT2D eigenvalue weighted by molar-refractivity contribution is 0.408. The average molecular weight is 317 g/mol. The van der Waals surface area contributed by atoms with Gasteiger partial charge in [0.15, 0.2) is 5.16 Å². The minimum atomic E-state index is -0.531. The molecule has 0 fully saturated rings. The smallest absolute Gasteiger partial charge is 0.270 e. The first-order chi connectivity index (χ1) is 10.4. The Morgan fingerprint density at radius 1 is 1.45 bits per heavy atom. The molecule has 2 aromatic rings. The molecule has 0 spiro atoms. The lowest BCUT2D eigenvalue weighted by Crippen LogP contribution is -2.15. The number of nitriles is 1. The van der Waals surface area contributed by atoms with Crippen molar-refractivity contribution in [2.45, 2.75) is 19.0 Å². The molecule has 0 saturated heterocycles. The normalized spacial score (nSPS) is 10.3. The number of hydrogen-bond donors (Lipinski definition) is 2. The van der Waals surface area contributed by atoms with Crippen molar-refractivity contribution in [1.82, 2.24) is 9.97 Å². The molecule has 1 aromatic carbocycles. The maximum Gasteiger partial charge on any atom is 0.270 e. The van der Waals surface area contributed by atoms with Crippen LogP contribution in [0.5, 0.6) is 11.5 Å². The fraction of sp³-hybridized carbons (Fsp3) is 0.267. The van der Waals surface area contributed by atoms with Crippen molar-refractivity contribution in [3.63, 3.8) is 0 Å². The van der Waals surface area contributed by atoms with Gasteiger partial charge in [0, 0.05) is 5.56 Å². The van der Waals surface area contributed by atoms with Crippen molar-refractivity contribution in [2.75, 3.05) is 13.4 Å². The predicted octanol–water partition coefficient (Wildman–Crippen LogP) is 2.36. The summed E-state index contributed by atoms with van der Waals surface area (Å²) in [5.74, 6) is 0.543. The van der Waals surface area contributed by atoms with E-state index >= 15 is 0 Å². The lowest BCUT2D eigenvalue weighted by atomic mass is 9.97. The van der Waals surface area contributed by atoms with E-state index in [9.17, 15) is 15.2 Å². The quantitative estimate of drug-likeness (QED) is 0.666. The Morgan fingerprint density at radius 3 is 2.68 bits per heavy atom. The third-order valence-corrected chi connectivity index (χ3v) is 3.94. The summed E-state index contributed by atoms with van der Waals surface area (Å²) in [5.41, 5.74) is 1.03. The van der Waals surface area contributed by atoms with Gasteiger partial charge in [-0.3, -0.25) is 4.79 Å². The molecule has 0 saturated carbocycles. The largest absolute Gasteiger partial charge is 0.507 e. The third-order valence-electron chi connectivity index (χ3n) is 3.36. The van der Waals surface area contributed by atoms with Crippen molar-refractivity contribution >= 4 is 11.8 Å². The van der Waals surface area contributed by atoms with E-state index in [-0.39, 0.29) is 17.0 Å². The van der Waals surface area contributed by atoms with E-state index in [0.717, 1.165) is 0 Å². The van der Waals surface area contributed by atoms with E-state index in [0.29, 0.717) is 27.6 Å². The molecule has 2 rings (SSSR count). The molecule has 1 aromatic heterocycles. The molecule has 0 atom stereocenters. The summed E-state index contributed by atoms with van der Waals surface area (Å²) < 4.78 is 5.29. The summed E-state index contributed by atoms with van der Waals surface area (Å²) in [4.78, 5) is 18.9. The molecule has 0 aliphatic heterocycles. The highest BCUT2D eigenvalue weighted by Gasteiger charge is 2.21. The van der Waals surface area contributed by atoms with Crippen LogP contribution in [0.2, 0.25) is 0 Å². The Balaban J connectivity index is 2.94. The molecular weight excluding hydrogens is 302 g/mol. The topological polar surface area (TPSA) is 99.0 Å². The van der Waals surface area contributed by atoms with Crippen LogP contribution in [0.25, 0.3) is 11.3 Å². The summed E-state index contributed by atoms with van der Waals surface area (Å²) in [6, 6.07) is 3.55. The number of rotatable bonds is 3. The van der Waals surface area contributed by atoms with Crippen LogP contribution < -0.4 is 10.3 Å². The van der Waals surface area contributed by atoms with E-state index in [1.165, 1.54) is 18.9 Å². The lowest BCUT2D eigenvalue weighted by Gasteiger charge is -2.15. The highest BCUT2D eigenvalue weighted by molar-refractivity contribution is 7.98. The highest BCUT2D eigenvalue weighted by Crippen LogP contribution is 2.40. The zero-order chi connectivity index (χ0) is 16.4. The van der Waals surface area contributed by atoms with Gasteiger partial charge in [-0.05, 0) is 31.7 Å². The monoisotopic (exact) mass is 317 g/mol.